The van der Waals surface area contributed by atoms with Gasteiger partial charge in [0.1, 0.15) is 16.9 Å². The summed E-state index contributed by atoms with van der Waals surface area (Å²) in [6.45, 7) is 2.34. The zero-order valence-electron chi connectivity index (χ0n) is 20.6. The molecule has 186 valence electrons. The molecular formula is C27H30N6O3. The van der Waals surface area contributed by atoms with Crippen LogP contribution in [0, 0.1) is 0 Å². The highest BCUT2D eigenvalue weighted by Gasteiger charge is 2.61. The van der Waals surface area contributed by atoms with Gasteiger partial charge in [-0.1, -0.05) is 35.5 Å². The molecule has 6 rings (SSSR count). The third kappa shape index (κ3) is 3.57. The van der Waals surface area contributed by atoms with Crippen molar-refractivity contribution in [2.24, 2.45) is 0 Å². The SMILES string of the molecule is CN(C)CC(=O)N1CC[C@]23C(=O)N(Cc4cn(nn4)CCCOc4cccc(c4)[C@H]12)c1ccccc13. The smallest absolute Gasteiger partial charge is 0.240 e. The number of nitrogens with zero attached hydrogens (tertiary/aromatic N) is 6. The van der Waals surface area contributed by atoms with Crippen LogP contribution in [0.5, 0.6) is 5.75 Å². The number of carbonyl (C=O) groups is 2. The maximum Gasteiger partial charge on any atom is 0.240 e. The number of likely N-dealkylation sites (tertiary alicyclic amines) is 1. The van der Waals surface area contributed by atoms with Crippen molar-refractivity contribution in [3.8, 4) is 5.75 Å². The lowest BCUT2D eigenvalue weighted by molar-refractivity contribution is -0.134. The minimum absolute atomic E-state index is 0.00426. The average molecular weight is 487 g/mol. The molecule has 0 radical (unpaired) electrons. The highest BCUT2D eigenvalue weighted by molar-refractivity contribution is 6.09. The lowest BCUT2D eigenvalue weighted by Crippen LogP contribution is -2.46. The van der Waals surface area contributed by atoms with E-state index in [0.29, 0.717) is 32.7 Å². The van der Waals surface area contributed by atoms with Crippen LogP contribution in [0.1, 0.15) is 35.7 Å². The molecule has 9 nitrogen and oxygen atoms in total. The van der Waals surface area contributed by atoms with Gasteiger partial charge >= 0.3 is 0 Å². The number of hydrogen-bond acceptors (Lipinski definition) is 6. The molecule has 4 heterocycles. The summed E-state index contributed by atoms with van der Waals surface area (Å²) in [6.07, 6.45) is 3.24. The summed E-state index contributed by atoms with van der Waals surface area (Å²) in [4.78, 5) is 33.6. The fourth-order valence-electron chi connectivity index (χ4n) is 6.01. The Kier molecular flexibility index (Phi) is 5.52. The van der Waals surface area contributed by atoms with Gasteiger partial charge in [-0.05, 0) is 49.8 Å². The fourth-order valence-corrected chi connectivity index (χ4v) is 6.01. The number of amides is 2. The topological polar surface area (TPSA) is 83.8 Å². The average Bonchev–Trinajstić information content (AvgIpc) is 3.54. The first-order chi connectivity index (χ1) is 17.5. The molecule has 6 bridgehead atoms. The molecule has 1 aromatic heterocycles. The number of aryl methyl sites for hydroxylation is 1. The first-order valence-corrected chi connectivity index (χ1v) is 12.4. The van der Waals surface area contributed by atoms with Gasteiger partial charge in [0.25, 0.3) is 0 Å². The summed E-state index contributed by atoms with van der Waals surface area (Å²) in [6, 6.07) is 15.4. The monoisotopic (exact) mass is 486 g/mol. The van der Waals surface area contributed by atoms with Gasteiger partial charge in [0, 0.05) is 25.2 Å². The molecule has 3 aliphatic rings. The van der Waals surface area contributed by atoms with E-state index in [9.17, 15) is 9.59 Å². The Morgan fingerprint density at radius 2 is 2.03 bits per heavy atom. The van der Waals surface area contributed by atoms with Gasteiger partial charge in [0.15, 0.2) is 0 Å². The number of carbonyl (C=O) groups excluding carboxylic acids is 2. The summed E-state index contributed by atoms with van der Waals surface area (Å²) in [5, 5.41) is 8.60. The van der Waals surface area contributed by atoms with E-state index in [1.807, 2.05) is 83.5 Å². The molecule has 1 saturated heterocycles. The van der Waals surface area contributed by atoms with Crippen molar-refractivity contribution in [3.63, 3.8) is 0 Å². The highest BCUT2D eigenvalue weighted by Crippen LogP contribution is 2.57. The number of fused-ring (bicyclic) bond motifs is 8. The van der Waals surface area contributed by atoms with Gasteiger partial charge < -0.3 is 19.4 Å². The Bertz CT molecular complexity index is 1320. The summed E-state index contributed by atoms with van der Waals surface area (Å²) in [5.41, 5.74) is 2.62. The number of rotatable bonds is 2. The van der Waals surface area contributed by atoms with Crippen LogP contribution in [-0.2, 0) is 28.1 Å². The Labute approximate surface area is 210 Å². The molecular weight excluding hydrogens is 456 g/mol. The Morgan fingerprint density at radius 3 is 2.89 bits per heavy atom. The number of anilines is 1. The van der Waals surface area contributed by atoms with Crippen molar-refractivity contribution in [2.75, 3.05) is 38.7 Å². The van der Waals surface area contributed by atoms with Crippen LogP contribution < -0.4 is 9.64 Å². The summed E-state index contributed by atoms with van der Waals surface area (Å²) >= 11 is 0. The van der Waals surface area contributed by atoms with Crippen LogP contribution in [0.2, 0.25) is 0 Å². The molecule has 2 aromatic carbocycles. The van der Waals surface area contributed by atoms with E-state index in [1.54, 1.807) is 4.68 Å². The number of hydrogen-bond donors (Lipinski definition) is 0. The molecule has 3 aromatic rings. The van der Waals surface area contributed by atoms with Crippen LogP contribution >= 0.6 is 0 Å². The third-order valence-corrected chi connectivity index (χ3v) is 7.48. The zero-order chi connectivity index (χ0) is 24.9. The first-order valence-electron chi connectivity index (χ1n) is 12.4. The second-order valence-corrected chi connectivity index (χ2v) is 10.1. The van der Waals surface area contributed by atoms with E-state index < -0.39 is 11.5 Å². The van der Waals surface area contributed by atoms with E-state index in [0.717, 1.165) is 34.7 Å². The lowest BCUT2D eigenvalue weighted by Gasteiger charge is -2.35. The number of aromatic nitrogens is 3. The van der Waals surface area contributed by atoms with Crippen LogP contribution in [0.3, 0.4) is 0 Å². The number of likely N-dealkylation sites (N-methyl/N-ethyl adjacent to an activating group) is 1. The molecule has 36 heavy (non-hydrogen) atoms. The van der Waals surface area contributed by atoms with Gasteiger partial charge in [-0.2, -0.15) is 0 Å². The summed E-state index contributed by atoms with van der Waals surface area (Å²) in [7, 11) is 3.78. The maximum atomic E-state index is 14.5. The molecule has 0 aliphatic carbocycles. The van der Waals surface area contributed by atoms with Gasteiger partial charge in [-0.25, -0.2) is 0 Å². The van der Waals surface area contributed by atoms with E-state index >= 15 is 0 Å². The zero-order valence-corrected chi connectivity index (χ0v) is 20.6. The second kappa shape index (κ2) is 8.74. The minimum Gasteiger partial charge on any atom is -0.494 e. The Hall–Kier alpha value is -3.72. The molecule has 3 aliphatic heterocycles. The third-order valence-electron chi connectivity index (χ3n) is 7.48. The van der Waals surface area contributed by atoms with Crippen molar-refractivity contribution in [2.45, 2.75) is 37.4 Å². The van der Waals surface area contributed by atoms with Crippen molar-refractivity contribution in [1.29, 1.82) is 0 Å². The molecule has 0 N–H and O–H groups in total. The normalized spacial score (nSPS) is 23.1. The molecule has 0 saturated carbocycles. The molecule has 1 fully saturated rings. The van der Waals surface area contributed by atoms with Gasteiger partial charge in [-0.3, -0.25) is 14.3 Å². The van der Waals surface area contributed by atoms with Crippen LogP contribution in [-0.4, -0.2) is 70.4 Å². The molecule has 9 heteroatoms. The molecule has 2 atom stereocenters. The Morgan fingerprint density at radius 1 is 1.17 bits per heavy atom. The van der Waals surface area contributed by atoms with Gasteiger partial charge in [0.05, 0.1) is 31.9 Å². The quantitative estimate of drug-likeness (QED) is 0.553. The molecule has 0 unspecified atom stereocenters. The largest absolute Gasteiger partial charge is 0.494 e. The second-order valence-electron chi connectivity index (χ2n) is 10.1. The molecule has 1 spiro atoms. The minimum atomic E-state index is -0.882. The van der Waals surface area contributed by atoms with Crippen molar-refractivity contribution in [3.05, 3.63) is 71.5 Å². The van der Waals surface area contributed by atoms with Crippen LogP contribution in [0.15, 0.2) is 54.7 Å². The van der Waals surface area contributed by atoms with E-state index in [-0.39, 0.29) is 18.4 Å². The van der Waals surface area contributed by atoms with Crippen molar-refractivity contribution < 1.29 is 14.3 Å². The van der Waals surface area contributed by atoms with Crippen LogP contribution in [0.4, 0.5) is 5.69 Å². The fraction of sp³-hybridized carbons (Fsp3) is 0.407. The predicted octanol–water partition coefficient (Wildman–Crippen LogP) is 2.38. The number of para-hydroxylation sites is 1. The van der Waals surface area contributed by atoms with Gasteiger partial charge in [-0.15, -0.1) is 5.10 Å². The molecule has 2 amide bonds. The summed E-state index contributed by atoms with van der Waals surface area (Å²) < 4.78 is 7.89. The standard InChI is InChI=1S/C27H30N6O3/c1-30(2)18-24(34)32-13-11-27-22-9-3-4-10-23(22)33(26(27)35)17-20-16-31(29-28-20)12-6-14-36-21-8-5-7-19(15-21)25(27)32/h3-5,7-10,15-16,25H,6,11-14,17-18H2,1-2H3/t25-,27+/m0/s1. The maximum absolute atomic E-state index is 14.5. The lowest BCUT2D eigenvalue weighted by atomic mass is 9.72. The van der Waals surface area contributed by atoms with Crippen molar-refractivity contribution >= 4 is 17.5 Å². The Balaban J connectivity index is 1.54. The summed E-state index contributed by atoms with van der Waals surface area (Å²) in [5.74, 6) is 0.752. The van der Waals surface area contributed by atoms with Crippen molar-refractivity contribution in [1.82, 2.24) is 24.8 Å². The van der Waals surface area contributed by atoms with E-state index in [1.165, 1.54) is 0 Å². The number of ether oxygens (including phenoxy) is 1. The predicted molar refractivity (Wildman–Crippen MR) is 134 cm³/mol. The first kappa shape index (κ1) is 22.7. The van der Waals surface area contributed by atoms with E-state index in [2.05, 4.69) is 10.3 Å². The van der Waals surface area contributed by atoms with E-state index in [4.69, 9.17) is 4.74 Å². The number of benzene rings is 2. The highest BCUT2D eigenvalue weighted by atomic mass is 16.5. The van der Waals surface area contributed by atoms with Crippen LogP contribution in [0.25, 0.3) is 0 Å². The van der Waals surface area contributed by atoms with Gasteiger partial charge in [0.2, 0.25) is 11.8 Å².